The van der Waals surface area contributed by atoms with Gasteiger partial charge in [0.05, 0.1) is 17.7 Å². The van der Waals surface area contributed by atoms with Crippen molar-refractivity contribution in [1.29, 1.82) is 0 Å². The summed E-state index contributed by atoms with van der Waals surface area (Å²) < 4.78 is 29.1. The number of benzene rings is 1. The maximum atomic E-state index is 12.0. The third kappa shape index (κ3) is 3.32. The summed E-state index contributed by atoms with van der Waals surface area (Å²) in [5, 5.41) is 0. The van der Waals surface area contributed by atoms with E-state index in [9.17, 15) is 8.42 Å². The van der Waals surface area contributed by atoms with Gasteiger partial charge in [-0.15, -0.1) is 0 Å². The van der Waals surface area contributed by atoms with E-state index < -0.39 is 10.1 Å². The molecule has 2 rings (SSSR count). The lowest BCUT2D eigenvalue weighted by atomic mass is 10.2. The lowest BCUT2D eigenvalue weighted by Crippen LogP contribution is -2.35. The van der Waals surface area contributed by atoms with Crippen LogP contribution in [0, 0.1) is 6.92 Å². The van der Waals surface area contributed by atoms with Crippen LogP contribution < -0.4 is 0 Å². The van der Waals surface area contributed by atoms with Crippen LogP contribution in [0.2, 0.25) is 0 Å². The first-order valence-corrected chi connectivity index (χ1v) is 7.93. The van der Waals surface area contributed by atoms with Gasteiger partial charge >= 0.3 is 0 Å². The SMILES string of the molecule is Cc1ccc(S(=O)(=O)OCCN2C=CN(C)C2C)cc1. The van der Waals surface area contributed by atoms with E-state index in [0.29, 0.717) is 6.54 Å². The summed E-state index contributed by atoms with van der Waals surface area (Å²) in [6.45, 7) is 4.63. The minimum absolute atomic E-state index is 0.138. The van der Waals surface area contributed by atoms with Crippen LogP contribution >= 0.6 is 0 Å². The third-order valence-corrected chi connectivity index (χ3v) is 4.79. The van der Waals surface area contributed by atoms with E-state index in [1.54, 1.807) is 24.3 Å². The molecule has 1 unspecified atom stereocenters. The van der Waals surface area contributed by atoms with Gasteiger partial charge in [0, 0.05) is 26.0 Å². The molecule has 1 aromatic carbocycles. The molecular weight excluding hydrogens is 276 g/mol. The second-order valence-electron chi connectivity index (χ2n) is 4.92. The lowest BCUT2D eigenvalue weighted by molar-refractivity contribution is 0.168. The van der Waals surface area contributed by atoms with E-state index in [-0.39, 0.29) is 17.7 Å². The molecule has 1 aliphatic rings. The molecule has 0 saturated carbocycles. The third-order valence-electron chi connectivity index (χ3n) is 3.46. The zero-order valence-corrected chi connectivity index (χ0v) is 12.8. The number of nitrogens with zero attached hydrogens (tertiary/aromatic N) is 2. The number of rotatable bonds is 5. The summed E-state index contributed by atoms with van der Waals surface area (Å²) in [4.78, 5) is 4.28. The fraction of sp³-hybridized carbons (Fsp3) is 0.429. The molecule has 1 atom stereocenters. The average molecular weight is 296 g/mol. The predicted octanol–water partition coefficient (Wildman–Crippen LogP) is 1.76. The zero-order valence-electron chi connectivity index (χ0n) is 12.0. The monoisotopic (exact) mass is 296 g/mol. The van der Waals surface area contributed by atoms with Crippen LogP contribution in [0.1, 0.15) is 12.5 Å². The van der Waals surface area contributed by atoms with E-state index in [1.165, 1.54) is 0 Å². The quantitative estimate of drug-likeness (QED) is 0.775. The fourth-order valence-corrected chi connectivity index (χ4v) is 2.86. The maximum Gasteiger partial charge on any atom is 0.297 e. The second-order valence-corrected chi connectivity index (χ2v) is 6.54. The van der Waals surface area contributed by atoms with Crippen molar-refractivity contribution >= 4 is 10.1 Å². The topological polar surface area (TPSA) is 49.9 Å². The molecule has 1 aliphatic heterocycles. The molecule has 6 heteroatoms. The Morgan fingerprint density at radius 3 is 2.40 bits per heavy atom. The molecule has 5 nitrogen and oxygen atoms in total. The molecule has 0 aliphatic carbocycles. The molecule has 0 bridgehead atoms. The Morgan fingerprint density at radius 1 is 1.20 bits per heavy atom. The smallest absolute Gasteiger partial charge is 0.297 e. The Morgan fingerprint density at radius 2 is 1.85 bits per heavy atom. The second kappa shape index (κ2) is 5.85. The van der Waals surface area contributed by atoms with Crippen molar-refractivity contribution in [3.05, 3.63) is 42.2 Å². The van der Waals surface area contributed by atoms with E-state index in [0.717, 1.165) is 5.56 Å². The highest BCUT2D eigenvalue weighted by Crippen LogP contribution is 2.15. The molecule has 0 saturated heterocycles. The Hall–Kier alpha value is -1.53. The Balaban J connectivity index is 1.90. The van der Waals surface area contributed by atoms with Crippen LogP contribution in [0.15, 0.2) is 41.6 Å². The highest BCUT2D eigenvalue weighted by atomic mass is 32.2. The highest BCUT2D eigenvalue weighted by Gasteiger charge is 2.20. The molecule has 20 heavy (non-hydrogen) atoms. The molecule has 0 radical (unpaired) electrons. The van der Waals surface area contributed by atoms with Gasteiger partial charge in [-0.1, -0.05) is 17.7 Å². The maximum absolute atomic E-state index is 12.0. The van der Waals surface area contributed by atoms with E-state index in [2.05, 4.69) is 11.8 Å². The van der Waals surface area contributed by atoms with Crippen molar-refractivity contribution in [3.63, 3.8) is 0 Å². The molecule has 0 N–H and O–H groups in total. The van der Waals surface area contributed by atoms with Gasteiger partial charge in [0.2, 0.25) is 0 Å². The average Bonchev–Trinajstić information content (AvgIpc) is 2.71. The largest absolute Gasteiger partial charge is 0.359 e. The summed E-state index contributed by atoms with van der Waals surface area (Å²) in [5.74, 6) is 0. The fourth-order valence-electron chi connectivity index (χ4n) is 1.96. The first-order valence-electron chi connectivity index (χ1n) is 6.52. The van der Waals surface area contributed by atoms with Crippen molar-refractivity contribution in [2.75, 3.05) is 20.2 Å². The summed E-state index contributed by atoms with van der Waals surface area (Å²) in [5.41, 5.74) is 1.02. The molecule has 110 valence electrons. The first-order chi connectivity index (χ1) is 9.40. The van der Waals surface area contributed by atoms with Gasteiger partial charge in [0.1, 0.15) is 0 Å². The van der Waals surface area contributed by atoms with Crippen molar-refractivity contribution in [2.45, 2.75) is 24.9 Å². The zero-order chi connectivity index (χ0) is 14.8. The van der Waals surface area contributed by atoms with Gasteiger partial charge in [-0.25, -0.2) is 0 Å². The summed E-state index contributed by atoms with van der Waals surface area (Å²) >= 11 is 0. The van der Waals surface area contributed by atoms with E-state index in [4.69, 9.17) is 4.18 Å². The highest BCUT2D eigenvalue weighted by molar-refractivity contribution is 7.86. The van der Waals surface area contributed by atoms with E-state index >= 15 is 0 Å². The lowest BCUT2D eigenvalue weighted by Gasteiger charge is -2.26. The number of hydrogen-bond donors (Lipinski definition) is 0. The van der Waals surface area contributed by atoms with Crippen molar-refractivity contribution in [2.24, 2.45) is 0 Å². The number of aryl methyl sites for hydroxylation is 1. The van der Waals surface area contributed by atoms with Crippen LogP contribution in [0.3, 0.4) is 0 Å². The van der Waals surface area contributed by atoms with Crippen LogP contribution in [-0.4, -0.2) is 44.6 Å². The summed E-state index contributed by atoms with van der Waals surface area (Å²) in [6, 6.07) is 6.65. The Kier molecular flexibility index (Phi) is 4.35. The summed E-state index contributed by atoms with van der Waals surface area (Å²) in [6.07, 6.45) is 4.12. The summed E-state index contributed by atoms with van der Waals surface area (Å²) in [7, 11) is -1.69. The molecule has 0 spiro atoms. The van der Waals surface area contributed by atoms with Gasteiger partial charge < -0.3 is 9.80 Å². The molecule has 0 aromatic heterocycles. The van der Waals surface area contributed by atoms with Crippen molar-refractivity contribution < 1.29 is 12.6 Å². The van der Waals surface area contributed by atoms with Crippen molar-refractivity contribution in [1.82, 2.24) is 9.80 Å². The minimum atomic E-state index is -3.66. The van der Waals surface area contributed by atoms with E-state index in [1.807, 2.05) is 31.3 Å². The first kappa shape index (κ1) is 14.9. The van der Waals surface area contributed by atoms with Crippen LogP contribution in [0.25, 0.3) is 0 Å². The van der Waals surface area contributed by atoms with Gasteiger partial charge in [-0.3, -0.25) is 4.18 Å². The molecular formula is C14H20N2O3S. The number of hydrogen-bond acceptors (Lipinski definition) is 5. The van der Waals surface area contributed by atoms with Crippen LogP contribution in [0.5, 0.6) is 0 Å². The molecule has 0 fully saturated rings. The van der Waals surface area contributed by atoms with Crippen molar-refractivity contribution in [3.8, 4) is 0 Å². The van der Waals surface area contributed by atoms with Crippen LogP contribution in [-0.2, 0) is 14.3 Å². The Labute approximate surface area is 120 Å². The van der Waals surface area contributed by atoms with Gasteiger partial charge in [-0.05, 0) is 26.0 Å². The molecule has 1 heterocycles. The molecule has 0 amide bonds. The Bertz CT molecular complexity index is 581. The predicted molar refractivity (Wildman–Crippen MR) is 77.4 cm³/mol. The van der Waals surface area contributed by atoms with Crippen LogP contribution in [0.4, 0.5) is 0 Å². The normalized spacial score (nSPS) is 18.9. The standard InChI is InChI=1S/C14H20N2O3S/c1-12-4-6-14(7-5-12)20(17,18)19-11-10-16-9-8-15(3)13(16)2/h4-9,13H,10-11H2,1-3H3. The molecule has 1 aromatic rings. The van der Waals surface area contributed by atoms with Gasteiger partial charge in [0.15, 0.2) is 0 Å². The van der Waals surface area contributed by atoms with Gasteiger partial charge in [0.25, 0.3) is 10.1 Å². The minimum Gasteiger partial charge on any atom is -0.359 e. The van der Waals surface area contributed by atoms with Gasteiger partial charge in [-0.2, -0.15) is 8.42 Å².